The molecule has 2 aliphatic rings. The zero-order chi connectivity index (χ0) is 14.8. The van der Waals surface area contributed by atoms with Crippen molar-refractivity contribution in [1.82, 2.24) is 15.1 Å². The van der Waals surface area contributed by atoms with Gasteiger partial charge in [-0.2, -0.15) is 0 Å². The lowest BCUT2D eigenvalue weighted by molar-refractivity contribution is -0.123. The molecule has 2 fully saturated rings. The number of nitrogens with one attached hydrogen (secondary N) is 1. The number of carbonyl (C=O) groups excluding carboxylic acids is 1. The molecule has 0 aromatic rings. The summed E-state index contributed by atoms with van der Waals surface area (Å²) in [6.45, 7) is 6.61. The van der Waals surface area contributed by atoms with Crippen molar-refractivity contribution in [2.75, 3.05) is 33.2 Å². The van der Waals surface area contributed by atoms with Crippen LogP contribution in [0.25, 0.3) is 0 Å². The predicted molar refractivity (Wildman–Crippen MR) is 79.6 cm³/mol. The van der Waals surface area contributed by atoms with Crippen LogP contribution >= 0.6 is 0 Å². The monoisotopic (exact) mass is 283 g/mol. The van der Waals surface area contributed by atoms with E-state index in [1.165, 1.54) is 12.8 Å². The van der Waals surface area contributed by atoms with Gasteiger partial charge in [-0.1, -0.05) is 0 Å². The van der Waals surface area contributed by atoms with Crippen LogP contribution in [-0.4, -0.2) is 71.7 Å². The SMILES string of the molecule is CN(CC(=O)NC1CCN(C2CC2)CC1)CC(C)(C)O. The van der Waals surface area contributed by atoms with Gasteiger partial charge >= 0.3 is 0 Å². The van der Waals surface area contributed by atoms with Gasteiger partial charge in [0, 0.05) is 31.7 Å². The van der Waals surface area contributed by atoms with Crippen molar-refractivity contribution in [1.29, 1.82) is 0 Å². The van der Waals surface area contributed by atoms with Crippen LogP contribution in [0.3, 0.4) is 0 Å². The van der Waals surface area contributed by atoms with Crippen LogP contribution in [-0.2, 0) is 4.79 Å². The normalized spacial score (nSPS) is 22.2. The van der Waals surface area contributed by atoms with Gasteiger partial charge in [0.15, 0.2) is 0 Å². The molecule has 2 N–H and O–H groups in total. The average Bonchev–Trinajstić information content (AvgIpc) is 3.10. The van der Waals surface area contributed by atoms with Crippen LogP contribution in [0, 0.1) is 0 Å². The molecule has 2 rings (SSSR count). The van der Waals surface area contributed by atoms with Gasteiger partial charge in [0.05, 0.1) is 12.1 Å². The number of likely N-dealkylation sites (tertiary alicyclic amines) is 1. The lowest BCUT2D eigenvalue weighted by atomic mass is 10.0. The number of piperidine rings is 1. The van der Waals surface area contributed by atoms with E-state index in [4.69, 9.17) is 0 Å². The minimum absolute atomic E-state index is 0.0709. The van der Waals surface area contributed by atoms with E-state index < -0.39 is 5.60 Å². The summed E-state index contributed by atoms with van der Waals surface area (Å²) in [4.78, 5) is 16.4. The zero-order valence-corrected chi connectivity index (χ0v) is 13.1. The summed E-state index contributed by atoms with van der Waals surface area (Å²) in [7, 11) is 1.87. The molecule has 5 nitrogen and oxygen atoms in total. The molecule has 0 aromatic carbocycles. The third-order valence-electron chi connectivity index (χ3n) is 4.03. The quantitative estimate of drug-likeness (QED) is 0.742. The zero-order valence-electron chi connectivity index (χ0n) is 13.1. The molecule has 0 bridgehead atoms. The van der Waals surface area contributed by atoms with Crippen molar-refractivity contribution in [3.63, 3.8) is 0 Å². The van der Waals surface area contributed by atoms with Crippen LogP contribution in [0.4, 0.5) is 0 Å². The van der Waals surface area contributed by atoms with Crippen molar-refractivity contribution in [2.45, 2.75) is 57.2 Å². The molecule has 1 heterocycles. The Bertz CT molecular complexity index is 329. The third kappa shape index (κ3) is 5.38. The van der Waals surface area contributed by atoms with Gasteiger partial charge in [-0.05, 0) is 46.6 Å². The van der Waals surface area contributed by atoms with Crippen LogP contribution in [0.5, 0.6) is 0 Å². The molecular formula is C15H29N3O2. The molecule has 1 aliphatic carbocycles. The molecule has 5 heteroatoms. The molecule has 116 valence electrons. The fourth-order valence-corrected chi connectivity index (χ4v) is 3.08. The maximum absolute atomic E-state index is 12.0. The molecule has 1 saturated heterocycles. The van der Waals surface area contributed by atoms with E-state index in [0.717, 1.165) is 32.0 Å². The molecule has 0 radical (unpaired) electrons. The molecule has 20 heavy (non-hydrogen) atoms. The largest absolute Gasteiger partial charge is 0.389 e. The van der Waals surface area contributed by atoms with Crippen molar-refractivity contribution in [3.05, 3.63) is 0 Å². The first kappa shape index (κ1) is 15.7. The van der Waals surface area contributed by atoms with Gasteiger partial charge in [-0.15, -0.1) is 0 Å². The first-order valence-corrected chi connectivity index (χ1v) is 7.78. The molecular weight excluding hydrogens is 254 g/mol. The smallest absolute Gasteiger partial charge is 0.234 e. The molecule has 0 spiro atoms. The molecule has 0 aromatic heterocycles. The van der Waals surface area contributed by atoms with Gasteiger partial charge in [0.25, 0.3) is 0 Å². The lowest BCUT2D eigenvalue weighted by Gasteiger charge is -2.33. The molecule has 0 atom stereocenters. The van der Waals surface area contributed by atoms with Crippen molar-refractivity contribution < 1.29 is 9.90 Å². The number of carbonyl (C=O) groups is 1. The first-order valence-electron chi connectivity index (χ1n) is 7.78. The highest BCUT2D eigenvalue weighted by atomic mass is 16.3. The average molecular weight is 283 g/mol. The van der Waals surface area contributed by atoms with Crippen molar-refractivity contribution >= 4 is 5.91 Å². The number of likely N-dealkylation sites (N-methyl/N-ethyl adjacent to an activating group) is 1. The third-order valence-corrected chi connectivity index (χ3v) is 4.03. The summed E-state index contributed by atoms with van der Waals surface area (Å²) in [5.74, 6) is 0.0709. The van der Waals surface area contributed by atoms with Crippen LogP contribution in [0.15, 0.2) is 0 Å². The first-order chi connectivity index (χ1) is 9.33. The molecule has 1 amide bonds. The van der Waals surface area contributed by atoms with E-state index in [0.29, 0.717) is 19.1 Å². The summed E-state index contributed by atoms with van der Waals surface area (Å²) in [5.41, 5.74) is -0.759. The van der Waals surface area contributed by atoms with Crippen molar-refractivity contribution in [3.8, 4) is 0 Å². The highest BCUT2D eigenvalue weighted by Gasteiger charge is 2.32. The number of amides is 1. The van der Waals surface area contributed by atoms with Gasteiger partial charge in [0.1, 0.15) is 0 Å². The van der Waals surface area contributed by atoms with E-state index in [1.54, 1.807) is 13.8 Å². The van der Waals surface area contributed by atoms with Crippen LogP contribution in [0.1, 0.15) is 39.5 Å². The second-order valence-electron chi connectivity index (χ2n) is 7.09. The Kier molecular flexibility index (Phi) is 5.04. The lowest BCUT2D eigenvalue weighted by Crippen LogP contribution is -2.48. The second kappa shape index (κ2) is 6.41. The Morgan fingerprint density at radius 2 is 1.90 bits per heavy atom. The molecule has 1 saturated carbocycles. The molecule has 0 unspecified atom stereocenters. The summed E-state index contributed by atoms with van der Waals surface area (Å²) in [5, 5.41) is 12.9. The fraction of sp³-hybridized carbons (Fsp3) is 0.933. The van der Waals surface area contributed by atoms with Gasteiger partial charge < -0.3 is 15.3 Å². The highest BCUT2D eigenvalue weighted by molar-refractivity contribution is 5.78. The standard InChI is InChI=1S/C15H29N3O2/c1-15(2,20)11-17(3)10-14(19)16-12-6-8-18(9-7-12)13-4-5-13/h12-13,20H,4-11H2,1-3H3,(H,16,19). The van der Waals surface area contributed by atoms with Gasteiger partial charge in [-0.25, -0.2) is 0 Å². The number of hydrogen-bond acceptors (Lipinski definition) is 4. The Labute approximate surface area is 122 Å². The maximum Gasteiger partial charge on any atom is 0.234 e. The fourth-order valence-electron chi connectivity index (χ4n) is 3.08. The van der Waals surface area contributed by atoms with E-state index in [2.05, 4.69) is 10.2 Å². The Balaban J connectivity index is 1.64. The number of nitrogens with zero attached hydrogens (tertiary/aromatic N) is 2. The minimum Gasteiger partial charge on any atom is -0.389 e. The van der Waals surface area contributed by atoms with E-state index in [9.17, 15) is 9.90 Å². The van der Waals surface area contributed by atoms with E-state index in [1.807, 2.05) is 11.9 Å². The van der Waals surface area contributed by atoms with Gasteiger partial charge in [0.2, 0.25) is 5.91 Å². The van der Waals surface area contributed by atoms with Crippen LogP contribution < -0.4 is 5.32 Å². The summed E-state index contributed by atoms with van der Waals surface area (Å²) < 4.78 is 0. The summed E-state index contributed by atoms with van der Waals surface area (Å²) in [6, 6.07) is 1.16. The highest BCUT2D eigenvalue weighted by Crippen LogP contribution is 2.29. The molecule has 1 aliphatic heterocycles. The van der Waals surface area contributed by atoms with Crippen molar-refractivity contribution in [2.24, 2.45) is 0 Å². The van der Waals surface area contributed by atoms with Gasteiger partial charge in [-0.3, -0.25) is 9.69 Å². The Morgan fingerprint density at radius 1 is 1.30 bits per heavy atom. The maximum atomic E-state index is 12.0. The number of hydrogen-bond donors (Lipinski definition) is 2. The topological polar surface area (TPSA) is 55.8 Å². The number of rotatable bonds is 6. The summed E-state index contributed by atoms with van der Waals surface area (Å²) >= 11 is 0. The van der Waals surface area contributed by atoms with E-state index >= 15 is 0 Å². The Morgan fingerprint density at radius 3 is 2.40 bits per heavy atom. The minimum atomic E-state index is -0.759. The number of aliphatic hydroxyl groups is 1. The summed E-state index contributed by atoms with van der Waals surface area (Å²) in [6.07, 6.45) is 4.85. The Hall–Kier alpha value is -0.650. The second-order valence-corrected chi connectivity index (χ2v) is 7.09. The predicted octanol–water partition coefficient (Wildman–Crippen LogP) is 0.432. The van der Waals surface area contributed by atoms with Crippen LogP contribution in [0.2, 0.25) is 0 Å². The van der Waals surface area contributed by atoms with E-state index in [-0.39, 0.29) is 5.91 Å².